The first-order chi connectivity index (χ1) is 12.0. The molecule has 0 fully saturated rings. The summed E-state index contributed by atoms with van der Waals surface area (Å²) in [6, 6.07) is 12.8. The molecule has 0 spiro atoms. The van der Waals surface area contributed by atoms with Gasteiger partial charge in [-0.05, 0) is 29.8 Å². The molecule has 132 valence electrons. The molecule has 0 aliphatic heterocycles. The minimum absolute atomic E-state index is 0.0446. The van der Waals surface area contributed by atoms with Crippen molar-refractivity contribution in [1.29, 1.82) is 0 Å². The van der Waals surface area contributed by atoms with E-state index in [9.17, 15) is 20.0 Å². The number of nitrogens with zero attached hydrogens (tertiary/aromatic N) is 2. The fraction of sp³-hybridized carbons (Fsp3) is 0.235. The summed E-state index contributed by atoms with van der Waals surface area (Å²) < 4.78 is 10.6. The lowest BCUT2D eigenvalue weighted by Gasteiger charge is -2.19. The van der Waals surface area contributed by atoms with Crippen LogP contribution in [0.2, 0.25) is 0 Å². The summed E-state index contributed by atoms with van der Waals surface area (Å²) in [6.07, 6.45) is -1.12. The molecule has 0 radical (unpaired) electrons. The summed E-state index contributed by atoms with van der Waals surface area (Å²) in [5.41, 5.74) is 0.471. The van der Waals surface area contributed by atoms with E-state index in [0.29, 0.717) is 17.1 Å². The van der Waals surface area contributed by atoms with E-state index in [4.69, 9.17) is 9.47 Å². The Labute approximate surface area is 144 Å². The molecule has 0 aliphatic carbocycles. The van der Waals surface area contributed by atoms with E-state index in [1.807, 2.05) is 0 Å². The average Bonchev–Trinajstić information content (AvgIpc) is 2.61. The maximum atomic E-state index is 11.4. The number of hydrogen-bond donors (Lipinski definition) is 1. The number of carboxylic acid groups (broad SMARTS) is 1. The van der Waals surface area contributed by atoms with Gasteiger partial charge in [0.2, 0.25) is 0 Å². The van der Waals surface area contributed by atoms with E-state index in [-0.39, 0.29) is 25.4 Å². The van der Waals surface area contributed by atoms with Crippen LogP contribution in [0.25, 0.3) is 0 Å². The van der Waals surface area contributed by atoms with Crippen LogP contribution in [0.15, 0.2) is 48.5 Å². The summed E-state index contributed by atoms with van der Waals surface area (Å²) >= 11 is 0. The molecule has 0 aliphatic rings. The van der Waals surface area contributed by atoms with Crippen LogP contribution in [0.5, 0.6) is 11.5 Å². The molecule has 0 bridgehead atoms. The second kappa shape index (κ2) is 8.53. The van der Waals surface area contributed by atoms with Crippen LogP contribution in [0.1, 0.15) is 5.56 Å². The molecule has 0 atom stereocenters. The van der Waals surface area contributed by atoms with Crippen LogP contribution < -0.4 is 9.47 Å². The van der Waals surface area contributed by atoms with Crippen molar-refractivity contribution in [2.24, 2.45) is 0 Å². The third kappa shape index (κ3) is 5.38. The Morgan fingerprint density at radius 2 is 1.88 bits per heavy atom. The zero-order valence-corrected chi connectivity index (χ0v) is 13.6. The number of nitro groups is 1. The molecular weight excluding hydrogens is 328 g/mol. The summed E-state index contributed by atoms with van der Waals surface area (Å²) in [4.78, 5) is 22.8. The topological polar surface area (TPSA) is 102 Å². The Bertz CT molecular complexity index is 732. The Morgan fingerprint density at radius 3 is 2.48 bits per heavy atom. The van der Waals surface area contributed by atoms with Crippen molar-refractivity contribution in [3.05, 3.63) is 64.2 Å². The van der Waals surface area contributed by atoms with Crippen LogP contribution in [0, 0.1) is 10.1 Å². The molecule has 0 aromatic heterocycles. The van der Waals surface area contributed by atoms with Crippen LogP contribution in [0.4, 0.5) is 10.5 Å². The molecule has 0 heterocycles. The third-order valence-electron chi connectivity index (χ3n) is 3.45. The van der Waals surface area contributed by atoms with E-state index < -0.39 is 11.0 Å². The van der Waals surface area contributed by atoms with Gasteiger partial charge in [0.1, 0.15) is 18.1 Å². The highest BCUT2D eigenvalue weighted by atomic mass is 16.6. The quantitative estimate of drug-likeness (QED) is 0.582. The average molecular weight is 346 g/mol. The van der Waals surface area contributed by atoms with Crippen molar-refractivity contribution < 1.29 is 24.3 Å². The van der Waals surface area contributed by atoms with E-state index in [2.05, 4.69) is 0 Å². The van der Waals surface area contributed by atoms with Crippen molar-refractivity contribution in [3.63, 3.8) is 0 Å². The zero-order chi connectivity index (χ0) is 18.2. The third-order valence-corrected chi connectivity index (χ3v) is 3.45. The van der Waals surface area contributed by atoms with Gasteiger partial charge in [0.25, 0.3) is 5.69 Å². The van der Waals surface area contributed by atoms with Gasteiger partial charge in [-0.15, -0.1) is 0 Å². The highest BCUT2D eigenvalue weighted by Gasteiger charge is 2.14. The van der Waals surface area contributed by atoms with Gasteiger partial charge in [-0.2, -0.15) is 0 Å². The summed E-state index contributed by atoms with van der Waals surface area (Å²) in [7, 11) is 1.56. The molecule has 8 heteroatoms. The Morgan fingerprint density at radius 1 is 1.20 bits per heavy atom. The molecule has 1 N–H and O–H groups in total. The minimum atomic E-state index is -1.12. The molecule has 2 rings (SSSR count). The standard InChI is InChI=1S/C17H18N2O6/c1-24-15-5-7-16(8-6-15)25-10-9-18(17(20)21)12-13-3-2-4-14(11-13)19(22)23/h2-8,11H,9-10,12H2,1H3,(H,20,21). The van der Waals surface area contributed by atoms with Crippen molar-refractivity contribution in [3.8, 4) is 11.5 Å². The normalized spacial score (nSPS) is 10.1. The first-order valence-electron chi connectivity index (χ1n) is 7.47. The number of ether oxygens (including phenoxy) is 2. The predicted molar refractivity (Wildman–Crippen MR) is 90.0 cm³/mol. The lowest BCUT2D eigenvalue weighted by atomic mass is 10.2. The van der Waals surface area contributed by atoms with Gasteiger partial charge in [0.15, 0.2) is 0 Å². The van der Waals surface area contributed by atoms with Gasteiger partial charge in [-0.3, -0.25) is 10.1 Å². The van der Waals surface area contributed by atoms with Gasteiger partial charge < -0.3 is 19.5 Å². The number of hydrogen-bond acceptors (Lipinski definition) is 5. The van der Waals surface area contributed by atoms with Crippen molar-refractivity contribution >= 4 is 11.8 Å². The fourth-order valence-electron chi connectivity index (χ4n) is 2.18. The lowest BCUT2D eigenvalue weighted by Crippen LogP contribution is -2.32. The maximum absolute atomic E-state index is 11.4. The second-order valence-electron chi connectivity index (χ2n) is 5.16. The van der Waals surface area contributed by atoms with Gasteiger partial charge >= 0.3 is 6.09 Å². The Hall–Kier alpha value is -3.29. The highest BCUT2D eigenvalue weighted by Crippen LogP contribution is 2.17. The van der Waals surface area contributed by atoms with Crippen LogP contribution in [-0.4, -0.2) is 41.3 Å². The minimum Gasteiger partial charge on any atom is -0.497 e. The van der Waals surface area contributed by atoms with Crippen LogP contribution >= 0.6 is 0 Å². The predicted octanol–water partition coefficient (Wildman–Crippen LogP) is 3.16. The first kappa shape index (κ1) is 18.1. The molecule has 0 saturated carbocycles. The first-order valence-corrected chi connectivity index (χ1v) is 7.47. The Balaban J connectivity index is 1.93. The number of rotatable bonds is 8. The number of amides is 1. The van der Waals surface area contributed by atoms with Crippen molar-refractivity contribution in [1.82, 2.24) is 4.90 Å². The van der Waals surface area contributed by atoms with Gasteiger partial charge in [-0.25, -0.2) is 4.79 Å². The number of nitro benzene ring substituents is 1. The van der Waals surface area contributed by atoms with Crippen molar-refractivity contribution in [2.75, 3.05) is 20.3 Å². The molecule has 1 amide bonds. The largest absolute Gasteiger partial charge is 0.497 e. The fourth-order valence-corrected chi connectivity index (χ4v) is 2.18. The van der Waals surface area contributed by atoms with E-state index in [1.54, 1.807) is 37.4 Å². The van der Waals surface area contributed by atoms with Gasteiger partial charge in [-0.1, -0.05) is 12.1 Å². The molecule has 0 unspecified atom stereocenters. The summed E-state index contributed by atoms with van der Waals surface area (Å²) in [5, 5.41) is 20.1. The number of benzene rings is 2. The van der Waals surface area contributed by atoms with Gasteiger partial charge in [0, 0.05) is 18.7 Å². The van der Waals surface area contributed by atoms with Crippen molar-refractivity contribution in [2.45, 2.75) is 6.54 Å². The lowest BCUT2D eigenvalue weighted by molar-refractivity contribution is -0.384. The molecule has 25 heavy (non-hydrogen) atoms. The Kier molecular flexibility index (Phi) is 6.16. The SMILES string of the molecule is COc1ccc(OCCN(Cc2cccc([N+](=O)[O-])c2)C(=O)O)cc1. The van der Waals surface area contributed by atoms with E-state index in [0.717, 1.165) is 4.90 Å². The highest BCUT2D eigenvalue weighted by molar-refractivity contribution is 5.65. The molecule has 2 aromatic carbocycles. The van der Waals surface area contributed by atoms with E-state index in [1.165, 1.54) is 18.2 Å². The number of methoxy groups -OCH3 is 1. The maximum Gasteiger partial charge on any atom is 0.407 e. The molecular formula is C17H18N2O6. The number of non-ortho nitro benzene ring substituents is 1. The smallest absolute Gasteiger partial charge is 0.407 e. The summed E-state index contributed by atoms with van der Waals surface area (Å²) in [5.74, 6) is 1.30. The molecule has 2 aromatic rings. The van der Waals surface area contributed by atoms with Gasteiger partial charge in [0.05, 0.1) is 18.6 Å². The van der Waals surface area contributed by atoms with E-state index >= 15 is 0 Å². The second-order valence-corrected chi connectivity index (χ2v) is 5.16. The molecule has 8 nitrogen and oxygen atoms in total. The summed E-state index contributed by atoms with van der Waals surface area (Å²) in [6.45, 7) is 0.334. The zero-order valence-electron chi connectivity index (χ0n) is 13.6. The van der Waals surface area contributed by atoms with Crippen LogP contribution in [-0.2, 0) is 6.54 Å². The van der Waals surface area contributed by atoms with Crippen LogP contribution in [0.3, 0.4) is 0 Å². The number of carbonyl (C=O) groups is 1. The monoisotopic (exact) mass is 346 g/mol. The molecule has 0 saturated heterocycles.